The van der Waals surface area contributed by atoms with Crippen LogP contribution in [-0.2, 0) is 22.6 Å². The van der Waals surface area contributed by atoms with Gasteiger partial charge in [0, 0.05) is 25.0 Å². The number of para-hydroxylation sites is 1. The molecule has 0 unspecified atom stereocenters. The summed E-state index contributed by atoms with van der Waals surface area (Å²) in [4.78, 5) is 20.4. The predicted molar refractivity (Wildman–Crippen MR) is 111 cm³/mol. The third-order valence-corrected chi connectivity index (χ3v) is 6.58. The van der Waals surface area contributed by atoms with Crippen LogP contribution in [0.2, 0.25) is 0 Å². The maximum absolute atomic E-state index is 13.2. The Labute approximate surface area is 186 Å². The Hall–Kier alpha value is -3.48. The fourth-order valence-electron chi connectivity index (χ4n) is 3.21. The van der Waals surface area contributed by atoms with Crippen LogP contribution >= 0.6 is 0 Å². The van der Waals surface area contributed by atoms with E-state index in [1.54, 1.807) is 30.3 Å². The van der Waals surface area contributed by atoms with Gasteiger partial charge >= 0.3 is 18.1 Å². The van der Waals surface area contributed by atoms with Crippen molar-refractivity contribution in [3.05, 3.63) is 60.2 Å². The first-order valence-electron chi connectivity index (χ1n) is 9.80. The zero-order valence-electron chi connectivity index (χ0n) is 17.1. The van der Waals surface area contributed by atoms with E-state index < -0.39 is 21.9 Å². The SMILES string of the molecule is O=C(N1CCS(=O)(=O)CC1)N(Cc1ccc(-c2nnc(C(F)(F)F)o2)cn1)c1ccccc1. The largest absolute Gasteiger partial charge is 0.470 e. The van der Waals surface area contributed by atoms with Crippen molar-refractivity contribution < 1.29 is 30.8 Å². The van der Waals surface area contributed by atoms with E-state index in [0.717, 1.165) is 0 Å². The molecule has 174 valence electrons. The normalized spacial score (nSPS) is 15.9. The molecular formula is C20H18F3N5O4S. The average Bonchev–Trinajstić information content (AvgIpc) is 3.29. The molecule has 0 saturated carbocycles. The van der Waals surface area contributed by atoms with Crippen molar-refractivity contribution in [2.24, 2.45) is 0 Å². The molecule has 1 saturated heterocycles. The van der Waals surface area contributed by atoms with Gasteiger partial charge in [0.15, 0.2) is 9.84 Å². The second-order valence-corrected chi connectivity index (χ2v) is 9.60. The number of carbonyl (C=O) groups excluding carboxylic acids is 1. The van der Waals surface area contributed by atoms with E-state index in [0.29, 0.717) is 11.4 Å². The minimum Gasteiger partial charge on any atom is -0.413 e. The lowest BCUT2D eigenvalue weighted by Crippen LogP contribution is -2.49. The van der Waals surface area contributed by atoms with Crippen molar-refractivity contribution in [1.29, 1.82) is 0 Å². The number of nitrogens with zero attached hydrogens (tertiary/aromatic N) is 5. The molecular weight excluding hydrogens is 463 g/mol. The predicted octanol–water partition coefficient (Wildman–Crippen LogP) is 3.01. The van der Waals surface area contributed by atoms with Crippen LogP contribution in [0.4, 0.5) is 23.7 Å². The number of aromatic nitrogens is 3. The first-order valence-corrected chi connectivity index (χ1v) is 11.6. The quantitative estimate of drug-likeness (QED) is 0.563. The molecule has 33 heavy (non-hydrogen) atoms. The number of alkyl halides is 3. The van der Waals surface area contributed by atoms with E-state index in [1.165, 1.54) is 28.1 Å². The maximum Gasteiger partial charge on any atom is 0.470 e. The topological polar surface area (TPSA) is 110 Å². The smallest absolute Gasteiger partial charge is 0.413 e. The Morgan fingerprint density at radius 2 is 1.76 bits per heavy atom. The number of sulfone groups is 1. The highest BCUT2D eigenvalue weighted by molar-refractivity contribution is 7.91. The van der Waals surface area contributed by atoms with E-state index >= 15 is 0 Å². The monoisotopic (exact) mass is 481 g/mol. The highest BCUT2D eigenvalue weighted by atomic mass is 32.2. The zero-order chi connectivity index (χ0) is 23.6. The summed E-state index contributed by atoms with van der Waals surface area (Å²) < 4.78 is 66.1. The second kappa shape index (κ2) is 8.81. The zero-order valence-corrected chi connectivity index (χ0v) is 17.9. The van der Waals surface area contributed by atoms with Gasteiger partial charge in [-0.25, -0.2) is 13.2 Å². The number of halogens is 3. The first kappa shape index (κ1) is 22.7. The number of hydrogen-bond donors (Lipinski definition) is 0. The summed E-state index contributed by atoms with van der Waals surface area (Å²) in [6.45, 7) is 0.245. The van der Waals surface area contributed by atoms with E-state index in [9.17, 15) is 26.4 Å². The molecule has 1 aliphatic rings. The molecule has 9 nitrogen and oxygen atoms in total. The summed E-state index contributed by atoms with van der Waals surface area (Å²) in [5.41, 5.74) is 1.24. The van der Waals surface area contributed by atoms with E-state index in [1.807, 2.05) is 0 Å². The van der Waals surface area contributed by atoms with Crippen LogP contribution in [0, 0.1) is 0 Å². The third kappa shape index (κ3) is 5.30. The number of rotatable bonds is 4. The number of benzene rings is 1. The molecule has 0 spiro atoms. The van der Waals surface area contributed by atoms with Crippen LogP contribution < -0.4 is 4.90 Å². The molecule has 0 radical (unpaired) electrons. The van der Waals surface area contributed by atoms with E-state index in [-0.39, 0.29) is 48.6 Å². The van der Waals surface area contributed by atoms with Crippen LogP contribution in [-0.4, -0.2) is 59.1 Å². The summed E-state index contributed by atoms with van der Waals surface area (Å²) in [5.74, 6) is -1.98. The molecule has 4 rings (SSSR count). The lowest BCUT2D eigenvalue weighted by atomic mass is 10.2. The summed E-state index contributed by atoms with van der Waals surface area (Å²) in [6.07, 6.45) is -3.47. The Balaban J connectivity index is 1.54. The van der Waals surface area contributed by atoms with E-state index in [2.05, 4.69) is 19.6 Å². The Kier molecular flexibility index (Phi) is 6.06. The van der Waals surface area contributed by atoms with Crippen LogP contribution in [0.3, 0.4) is 0 Å². The number of urea groups is 1. The lowest BCUT2D eigenvalue weighted by Gasteiger charge is -2.32. The Morgan fingerprint density at radius 1 is 1.06 bits per heavy atom. The Bertz CT molecular complexity index is 1220. The molecule has 2 amide bonds. The van der Waals surface area contributed by atoms with Gasteiger partial charge in [0.2, 0.25) is 5.89 Å². The van der Waals surface area contributed by atoms with Crippen LogP contribution in [0.25, 0.3) is 11.5 Å². The second-order valence-electron chi connectivity index (χ2n) is 7.29. The van der Waals surface area contributed by atoms with Gasteiger partial charge in [0.25, 0.3) is 0 Å². The van der Waals surface area contributed by atoms with Crippen molar-refractivity contribution in [3.63, 3.8) is 0 Å². The molecule has 0 bridgehead atoms. The van der Waals surface area contributed by atoms with Gasteiger partial charge in [0.1, 0.15) is 0 Å². The van der Waals surface area contributed by atoms with Crippen molar-refractivity contribution in [3.8, 4) is 11.5 Å². The van der Waals surface area contributed by atoms with Crippen molar-refractivity contribution in [1.82, 2.24) is 20.1 Å². The van der Waals surface area contributed by atoms with Crippen LogP contribution in [0.15, 0.2) is 53.1 Å². The molecule has 13 heteroatoms. The molecule has 2 aromatic heterocycles. The maximum atomic E-state index is 13.2. The van der Waals surface area contributed by atoms with Gasteiger partial charge in [-0.05, 0) is 24.3 Å². The minimum atomic E-state index is -4.75. The third-order valence-electron chi connectivity index (χ3n) is 4.97. The molecule has 0 atom stereocenters. The molecule has 3 heterocycles. The highest BCUT2D eigenvalue weighted by Gasteiger charge is 2.38. The summed E-state index contributed by atoms with van der Waals surface area (Å²) >= 11 is 0. The number of amides is 2. The fourth-order valence-corrected chi connectivity index (χ4v) is 4.41. The number of pyridine rings is 1. The highest BCUT2D eigenvalue weighted by Crippen LogP contribution is 2.30. The molecule has 3 aromatic rings. The minimum absolute atomic E-state index is 0.0595. The number of carbonyl (C=O) groups is 1. The fraction of sp³-hybridized carbons (Fsp3) is 0.300. The lowest BCUT2D eigenvalue weighted by molar-refractivity contribution is -0.156. The number of hydrogen-bond acceptors (Lipinski definition) is 7. The van der Waals surface area contributed by atoms with Gasteiger partial charge in [-0.3, -0.25) is 9.88 Å². The van der Waals surface area contributed by atoms with Crippen molar-refractivity contribution in [2.45, 2.75) is 12.7 Å². The van der Waals surface area contributed by atoms with Gasteiger partial charge < -0.3 is 9.32 Å². The van der Waals surface area contributed by atoms with Gasteiger partial charge in [0.05, 0.1) is 29.3 Å². The first-order chi connectivity index (χ1) is 15.6. The van der Waals surface area contributed by atoms with Crippen LogP contribution in [0.1, 0.15) is 11.6 Å². The summed E-state index contributed by atoms with van der Waals surface area (Å²) in [6, 6.07) is 11.4. The van der Waals surface area contributed by atoms with Crippen molar-refractivity contribution >= 4 is 21.6 Å². The summed E-state index contributed by atoms with van der Waals surface area (Å²) in [5, 5.41) is 6.38. The van der Waals surface area contributed by atoms with Gasteiger partial charge in [-0.15, -0.1) is 10.2 Å². The molecule has 1 aliphatic heterocycles. The van der Waals surface area contributed by atoms with Crippen LogP contribution in [0.5, 0.6) is 0 Å². The van der Waals surface area contributed by atoms with Gasteiger partial charge in [-0.2, -0.15) is 13.2 Å². The molecule has 1 fully saturated rings. The standard InChI is InChI=1S/C20H18F3N5O4S/c21-20(22,23)18-26-25-17(32-18)14-6-7-15(24-12-14)13-28(16-4-2-1-3-5-16)19(29)27-8-10-33(30,31)11-9-27/h1-7,12H,8-11,13H2. The average molecular weight is 481 g/mol. The number of anilines is 1. The van der Waals surface area contributed by atoms with Gasteiger partial charge in [-0.1, -0.05) is 18.2 Å². The molecule has 0 N–H and O–H groups in total. The summed E-state index contributed by atoms with van der Waals surface area (Å²) in [7, 11) is -3.15. The van der Waals surface area contributed by atoms with E-state index in [4.69, 9.17) is 0 Å². The molecule has 0 aliphatic carbocycles. The molecule has 1 aromatic carbocycles. The Morgan fingerprint density at radius 3 is 2.33 bits per heavy atom. The van der Waals surface area contributed by atoms with Crippen molar-refractivity contribution in [2.75, 3.05) is 29.5 Å².